The van der Waals surface area contributed by atoms with E-state index in [2.05, 4.69) is 76.6 Å². The van der Waals surface area contributed by atoms with Crippen LogP contribution in [0.15, 0.2) is 84.0 Å². The van der Waals surface area contributed by atoms with E-state index in [1.165, 1.54) is 11.1 Å². The third-order valence-electron chi connectivity index (χ3n) is 6.97. The van der Waals surface area contributed by atoms with Crippen LogP contribution >= 0.6 is 11.6 Å². The summed E-state index contributed by atoms with van der Waals surface area (Å²) in [5.74, 6) is 1.01. The molecule has 0 radical (unpaired) electrons. The molecule has 3 aromatic carbocycles. The molecular weight excluding hydrogens is 418 g/mol. The molecule has 0 amide bonds. The van der Waals surface area contributed by atoms with Gasteiger partial charge in [0.2, 0.25) is 5.72 Å². The smallest absolute Gasteiger partial charge is 0.200 e. The Morgan fingerprint density at radius 1 is 0.906 bits per heavy atom. The maximum absolute atomic E-state index is 6.75. The number of halogens is 1. The molecule has 1 atom stereocenters. The molecule has 0 aliphatic carbocycles. The molecule has 4 nitrogen and oxygen atoms in total. The lowest BCUT2D eigenvalue weighted by Crippen LogP contribution is -2.59. The molecule has 32 heavy (non-hydrogen) atoms. The summed E-state index contributed by atoms with van der Waals surface area (Å²) >= 11 is 6.12. The predicted molar refractivity (Wildman–Crippen MR) is 128 cm³/mol. The van der Waals surface area contributed by atoms with Gasteiger partial charge >= 0.3 is 0 Å². The van der Waals surface area contributed by atoms with E-state index in [4.69, 9.17) is 21.4 Å². The Kier molecular flexibility index (Phi) is 4.93. The van der Waals surface area contributed by atoms with E-state index in [1.807, 2.05) is 12.1 Å². The van der Waals surface area contributed by atoms with Crippen LogP contribution in [0.3, 0.4) is 0 Å². The Morgan fingerprint density at radius 3 is 2.41 bits per heavy atom. The molecule has 0 saturated carbocycles. The predicted octanol–water partition coefficient (Wildman–Crippen LogP) is 5.88. The highest BCUT2D eigenvalue weighted by molar-refractivity contribution is 6.30. The first-order valence-electron chi connectivity index (χ1n) is 11.4. The summed E-state index contributed by atoms with van der Waals surface area (Å²) < 4.78 is 6.75. The van der Waals surface area contributed by atoms with Gasteiger partial charge in [-0.3, -0.25) is 4.90 Å². The second kappa shape index (κ2) is 7.95. The first kappa shape index (κ1) is 19.8. The van der Waals surface area contributed by atoms with Gasteiger partial charge in [-0.1, -0.05) is 72.3 Å². The Bertz CT molecular complexity index is 1140. The fourth-order valence-electron chi connectivity index (χ4n) is 5.28. The van der Waals surface area contributed by atoms with E-state index in [0.29, 0.717) is 0 Å². The largest absolute Gasteiger partial charge is 0.466 e. The zero-order valence-corrected chi connectivity index (χ0v) is 18.7. The average molecular weight is 444 g/mol. The Balaban J connectivity index is 1.29. The van der Waals surface area contributed by atoms with Gasteiger partial charge in [0, 0.05) is 49.5 Å². The van der Waals surface area contributed by atoms with Gasteiger partial charge in [-0.2, -0.15) is 5.10 Å². The van der Waals surface area contributed by atoms with E-state index < -0.39 is 0 Å². The molecule has 3 aliphatic heterocycles. The van der Waals surface area contributed by atoms with Crippen molar-refractivity contribution >= 4 is 17.3 Å². The van der Waals surface area contributed by atoms with Crippen LogP contribution in [0.2, 0.25) is 5.02 Å². The highest BCUT2D eigenvalue weighted by Crippen LogP contribution is 2.50. The van der Waals surface area contributed by atoms with Gasteiger partial charge in [-0.05, 0) is 29.3 Å². The van der Waals surface area contributed by atoms with Crippen LogP contribution in [0.5, 0.6) is 5.75 Å². The number of ether oxygens (including phenoxy) is 1. The zero-order valence-electron chi connectivity index (χ0n) is 18.0. The van der Waals surface area contributed by atoms with Crippen LogP contribution in [-0.4, -0.2) is 34.4 Å². The maximum Gasteiger partial charge on any atom is 0.200 e. The summed E-state index contributed by atoms with van der Waals surface area (Å²) in [6.45, 7) is 2.97. The van der Waals surface area contributed by atoms with E-state index in [1.54, 1.807) is 0 Å². The number of likely N-dealkylation sites (tertiary alicyclic amines) is 1. The average Bonchev–Trinajstić information content (AvgIpc) is 3.29. The van der Waals surface area contributed by atoms with Crippen molar-refractivity contribution in [2.24, 2.45) is 5.10 Å². The highest BCUT2D eigenvalue weighted by atomic mass is 35.5. The summed E-state index contributed by atoms with van der Waals surface area (Å²) in [6, 6.07) is 27.4. The van der Waals surface area contributed by atoms with Gasteiger partial charge in [0.05, 0.1) is 11.8 Å². The van der Waals surface area contributed by atoms with Gasteiger partial charge in [-0.15, -0.1) is 0 Å². The second-order valence-corrected chi connectivity index (χ2v) is 9.40. The highest BCUT2D eigenvalue weighted by Gasteiger charge is 2.51. The van der Waals surface area contributed by atoms with Gasteiger partial charge in [0.25, 0.3) is 0 Å². The van der Waals surface area contributed by atoms with Gasteiger partial charge in [0.15, 0.2) is 0 Å². The minimum Gasteiger partial charge on any atom is -0.466 e. The lowest BCUT2D eigenvalue weighted by atomic mass is 9.90. The van der Waals surface area contributed by atoms with E-state index >= 15 is 0 Å². The van der Waals surface area contributed by atoms with Crippen LogP contribution < -0.4 is 4.74 Å². The van der Waals surface area contributed by atoms with Gasteiger partial charge in [0.1, 0.15) is 5.75 Å². The minimum absolute atomic E-state index is 0.214. The fraction of sp³-hybridized carbons (Fsp3) is 0.296. The van der Waals surface area contributed by atoms with Crippen molar-refractivity contribution in [1.82, 2.24) is 9.91 Å². The number of hydrogen-bond donors (Lipinski definition) is 0. The lowest BCUT2D eigenvalue weighted by Gasteiger charge is -2.51. The maximum atomic E-state index is 6.75. The first-order chi connectivity index (χ1) is 15.7. The Hall–Kier alpha value is -2.82. The fourth-order valence-corrected chi connectivity index (χ4v) is 5.40. The standard InChI is InChI=1S/C27H26ClN3O/c28-22-12-10-21(11-13-22)24-18-25-23-8-4-5-9-26(23)32-27(31(25)29-24)14-16-30(17-15-27)19-20-6-2-1-3-7-20/h1-13,25H,14-19H2/t25-/m1/s1. The number of hydrazone groups is 1. The van der Waals surface area contributed by atoms with Crippen molar-refractivity contribution in [1.29, 1.82) is 0 Å². The van der Waals surface area contributed by atoms with Crippen LogP contribution in [-0.2, 0) is 6.54 Å². The van der Waals surface area contributed by atoms with Crippen molar-refractivity contribution in [3.63, 3.8) is 0 Å². The number of nitrogens with zero attached hydrogens (tertiary/aromatic N) is 3. The van der Waals surface area contributed by atoms with Crippen molar-refractivity contribution in [3.8, 4) is 5.75 Å². The van der Waals surface area contributed by atoms with Crippen molar-refractivity contribution in [2.75, 3.05) is 13.1 Å². The van der Waals surface area contributed by atoms with E-state index in [0.717, 1.165) is 60.9 Å². The monoisotopic (exact) mass is 443 g/mol. The SMILES string of the molecule is Clc1ccc(C2=NN3[C@H](C2)c2ccccc2OC32CCN(Cc3ccccc3)CC2)cc1. The van der Waals surface area contributed by atoms with Crippen LogP contribution in [0.25, 0.3) is 0 Å². The minimum atomic E-state index is -0.389. The molecule has 3 aliphatic rings. The molecule has 3 aromatic rings. The molecule has 162 valence electrons. The molecule has 6 rings (SSSR count). The third-order valence-corrected chi connectivity index (χ3v) is 7.22. The van der Waals surface area contributed by atoms with Crippen LogP contribution in [0.1, 0.15) is 42.0 Å². The normalized spacial score (nSPS) is 21.6. The van der Waals surface area contributed by atoms with Crippen molar-refractivity contribution < 1.29 is 4.74 Å². The topological polar surface area (TPSA) is 28.1 Å². The number of piperidine rings is 1. The number of fused-ring (bicyclic) bond motifs is 4. The summed E-state index contributed by atoms with van der Waals surface area (Å²) in [4.78, 5) is 2.53. The summed E-state index contributed by atoms with van der Waals surface area (Å²) in [5.41, 5.74) is 4.45. The molecule has 5 heteroatoms. The summed E-state index contributed by atoms with van der Waals surface area (Å²) in [7, 11) is 0. The Morgan fingerprint density at radius 2 is 1.62 bits per heavy atom. The lowest BCUT2D eigenvalue weighted by molar-refractivity contribution is -0.150. The molecule has 0 aromatic heterocycles. The molecular formula is C27H26ClN3O. The number of rotatable bonds is 3. The summed E-state index contributed by atoms with van der Waals surface area (Å²) in [5, 5.41) is 8.19. The van der Waals surface area contributed by atoms with E-state index in [9.17, 15) is 0 Å². The van der Waals surface area contributed by atoms with E-state index in [-0.39, 0.29) is 11.8 Å². The molecule has 3 heterocycles. The van der Waals surface area contributed by atoms with Crippen molar-refractivity contribution in [3.05, 3.63) is 101 Å². The molecule has 0 bridgehead atoms. The van der Waals surface area contributed by atoms with Gasteiger partial charge < -0.3 is 4.74 Å². The zero-order chi connectivity index (χ0) is 21.5. The number of hydrogen-bond acceptors (Lipinski definition) is 4. The van der Waals surface area contributed by atoms with Crippen LogP contribution in [0.4, 0.5) is 0 Å². The summed E-state index contributed by atoms with van der Waals surface area (Å²) in [6.07, 6.45) is 2.75. The first-order valence-corrected chi connectivity index (χ1v) is 11.7. The molecule has 1 saturated heterocycles. The molecule has 1 fully saturated rings. The Labute approximate surface area is 194 Å². The molecule has 0 unspecified atom stereocenters. The number of para-hydroxylation sites is 1. The van der Waals surface area contributed by atoms with Gasteiger partial charge in [-0.25, -0.2) is 5.01 Å². The molecule has 1 spiro atoms. The van der Waals surface area contributed by atoms with Crippen molar-refractivity contribution in [2.45, 2.75) is 37.6 Å². The second-order valence-electron chi connectivity index (χ2n) is 8.97. The molecule has 0 N–H and O–H groups in total. The van der Waals surface area contributed by atoms with Crippen LogP contribution in [0, 0.1) is 0 Å². The quantitative estimate of drug-likeness (QED) is 0.506. The third kappa shape index (κ3) is 3.48. The number of benzene rings is 3.